The van der Waals surface area contributed by atoms with Crippen LogP contribution in [0.2, 0.25) is 0 Å². The quantitative estimate of drug-likeness (QED) is 0.650. The number of ether oxygens (including phenoxy) is 1. The topological polar surface area (TPSA) is 9.23 Å². The molecule has 0 aliphatic heterocycles. The van der Waals surface area contributed by atoms with Gasteiger partial charge in [-0.1, -0.05) is 39.0 Å². The van der Waals surface area contributed by atoms with Crippen molar-refractivity contribution in [3.63, 3.8) is 0 Å². The van der Waals surface area contributed by atoms with Crippen molar-refractivity contribution < 1.29 is 4.74 Å². The van der Waals surface area contributed by atoms with Crippen molar-refractivity contribution in [2.75, 3.05) is 0 Å². The van der Waals surface area contributed by atoms with E-state index in [1.807, 2.05) is 0 Å². The second-order valence-electron chi connectivity index (χ2n) is 7.42. The van der Waals surface area contributed by atoms with Crippen LogP contribution in [-0.2, 0) is 0 Å². The molecule has 0 bridgehead atoms. The third-order valence-corrected chi connectivity index (χ3v) is 4.45. The summed E-state index contributed by atoms with van der Waals surface area (Å²) in [6, 6.07) is 6.74. The molecule has 1 aliphatic rings. The highest BCUT2D eigenvalue weighted by atomic mass is 16.5. The van der Waals surface area contributed by atoms with E-state index >= 15 is 0 Å². The Kier molecular flexibility index (Phi) is 4.46. The lowest BCUT2D eigenvalue weighted by Crippen LogP contribution is -2.25. The van der Waals surface area contributed by atoms with Crippen LogP contribution in [0.25, 0.3) is 0 Å². The van der Waals surface area contributed by atoms with Crippen LogP contribution in [0.15, 0.2) is 18.2 Å². The first-order chi connectivity index (χ1) is 9.33. The van der Waals surface area contributed by atoms with Crippen molar-refractivity contribution in [1.82, 2.24) is 0 Å². The predicted molar refractivity (Wildman–Crippen MR) is 86.7 cm³/mol. The lowest BCUT2D eigenvalue weighted by molar-refractivity contribution is 0.126. The molecule has 1 nitrogen and oxygen atoms in total. The van der Waals surface area contributed by atoms with Crippen molar-refractivity contribution in [2.45, 2.75) is 78.2 Å². The Morgan fingerprint density at radius 1 is 1.15 bits per heavy atom. The van der Waals surface area contributed by atoms with Gasteiger partial charge in [0, 0.05) is 0 Å². The van der Waals surface area contributed by atoms with E-state index in [-0.39, 0.29) is 5.60 Å². The highest BCUT2D eigenvalue weighted by Crippen LogP contribution is 2.47. The summed E-state index contributed by atoms with van der Waals surface area (Å²) in [7, 11) is 0. The Labute approximate surface area is 124 Å². The van der Waals surface area contributed by atoms with E-state index < -0.39 is 0 Å². The fourth-order valence-electron chi connectivity index (χ4n) is 2.81. The van der Waals surface area contributed by atoms with Crippen molar-refractivity contribution in [2.24, 2.45) is 5.92 Å². The van der Waals surface area contributed by atoms with Gasteiger partial charge < -0.3 is 4.74 Å². The zero-order chi connectivity index (χ0) is 14.9. The third kappa shape index (κ3) is 3.56. The Bertz CT molecular complexity index is 451. The van der Waals surface area contributed by atoms with Crippen LogP contribution < -0.4 is 4.74 Å². The van der Waals surface area contributed by atoms with Gasteiger partial charge in [-0.25, -0.2) is 0 Å². The molecule has 2 atom stereocenters. The van der Waals surface area contributed by atoms with E-state index in [4.69, 9.17) is 4.74 Å². The lowest BCUT2D eigenvalue weighted by atomic mass is 9.89. The molecule has 0 aromatic heterocycles. The Morgan fingerprint density at radius 3 is 2.25 bits per heavy atom. The van der Waals surface area contributed by atoms with Crippen molar-refractivity contribution >= 4 is 0 Å². The molecule has 1 heteroatoms. The Morgan fingerprint density at radius 2 is 1.75 bits per heavy atom. The standard InChI is InChI=1S/C19H30O/c1-7-13(2)16-9-8-10-17(14(3)15-11-12-15)18(16)20-19(4,5)6/h8-10,13-15H,7,11-12H2,1-6H3/t13?,14-/m1/s1. The van der Waals surface area contributed by atoms with E-state index in [0.29, 0.717) is 11.8 Å². The second kappa shape index (κ2) is 5.79. The van der Waals surface area contributed by atoms with E-state index in [2.05, 4.69) is 59.7 Å². The summed E-state index contributed by atoms with van der Waals surface area (Å²) in [5.41, 5.74) is 2.66. The minimum Gasteiger partial charge on any atom is -0.488 e. The van der Waals surface area contributed by atoms with E-state index in [1.165, 1.54) is 24.0 Å². The second-order valence-corrected chi connectivity index (χ2v) is 7.42. The Balaban J connectivity index is 2.43. The molecule has 1 aromatic carbocycles. The molecular formula is C19H30O. The number of para-hydroxylation sites is 1. The van der Waals surface area contributed by atoms with Crippen LogP contribution in [-0.4, -0.2) is 5.60 Å². The summed E-state index contributed by atoms with van der Waals surface area (Å²) >= 11 is 0. The smallest absolute Gasteiger partial charge is 0.127 e. The largest absolute Gasteiger partial charge is 0.488 e. The average molecular weight is 274 g/mol. The molecule has 0 amide bonds. The minimum absolute atomic E-state index is 0.137. The molecule has 0 heterocycles. The van der Waals surface area contributed by atoms with Gasteiger partial charge in [0.15, 0.2) is 0 Å². The molecular weight excluding hydrogens is 244 g/mol. The van der Waals surface area contributed by atoms with Crippen LogP contribution in [0.1, 0.15) is 83.8 Å². The molecule has 0 N–H and O–H groups in total. The number of hydrogen-bond acceptors (Lipinski definition) is 1. The summed E-state index contributed by atoms with van der Waals surface area (Å²) in [4.78, 5) is 0. The SMILES string of the molecule is CCC(C)c1cccc([C@H](C)C2CC2)c1OC(C)(C)C. The van der Waals surface area contributed by atoms with Gasteiger partial charge in [-0.2, -0.15) is 0 Å². The van der Waals surface area contributed by atoms with Crippen LogP contribution in [0, 0.1) is 5.92 Å². The lowest BCUT2D eigenvalue weighted by Gasteiger charge is -2.29. The first kappa shape index (κ1) is 15.4. The summed E-state index contributed by atoms with van der Waals surface area (Å²) in [6.45, 7) is 13.4. The number of benzene rings is 1. The van der Waals surface area contributed by atoms with Crippen LogP contribution in [0.3, 0.4) is 0 Å². The third-order valence-electron chi connectivity index (χ3n) is 4.45. The van der Waals surface area contributed by atoms with Crippen LogP contribution in [0.5, 0.6) is 5.75 Å². The van der Waals surface area contributed by atoms with Crippen molar-refractivity contribution in [1.29, 1.82) is 0 Å². The van der Waals surface area contributed by atoms with Gasteiger partial charge in [-0.05, 0) is 68.9 Å². The molecule has 0 radical (unpaired) electrons. The summed E-state index contributed by atoms with van der Waals surface area (Å²) in [5, 5.41) is 0. The van der Waals surface area contributed by atoms with E-state index in [0.717, 1.165) is 18.1 Å². The number of rotatable bonds is 5. The maximum absolute atomic E-state index is 6.39. The fourth-order valence-corrected chi connectivity index (χ4v) is 2.81. The van der Waals surface area contributed by atoms with Crippen LogP contribution in [0.4, 0.5) is 0 Å². The molecule has 0 spiro atoms. The van der Waals surface area contributed by atoms with Gasteiger partial charge in [0.25, 0.3) is 0 Å². The molecule has 0 saturated heterocycles. The Hall–Kier alpha value is -0.980. The summed E-state index contributed by atoms with van der Waals surface area (Å²) in [5.74, 6) is 3.20. The zero-order valence-electron chi connectivity index (χ0n) is 14.0. The molecule has 112 valence electrons. The monoisotopic (exact) mass is 274 g/mol. The maximum Gasteiger partial charge on any atom is 0.127 e. The normalized spacial score (nSPS) is 18.7. The number of hydrogen-bond donors (Lipinski definition) is 0. The van der Waals surface area contributed by atoms with Gasteiger partial charge in [-0.3, -0.25) is 0 Å². The van der Waals surface area contributed by atoms with Gasteiger partial charge in [0.2, 0.25) is 0 Å². The highest BCUT2D eigenvalue weighted by molar-refractivity contribution is 5.46. The molecule has 1 unspecified atom stereocenters. The minimum atomic E-state index is -0.137. The molecule has 1 saturated carbocycles. The summed E-state index contributed by atoms with van der Waals surface area (Å²) < 4.78 is 6.39. The average Bonchev–Trinajstić information content (AvgIpc) is 3.19. The van der Waals surface area contributed by atoms with Crippen molar-refractivity contribution in [3.8, 4) is 5.75 Å². The van der Waals surface area contributed by atoms with Crippen LogP contribution >= 0.6 is 0 Å². The van der Waals surface area contributed by atoms with E-state index in [9.17, 15) is 0 Å². The van der Waals surface area contributed by atoms with Gasteiger partial charge in [0.1, 0.15) is 11.4 Å². The van der Waals surface area contributed by atoms with E-state index in [1.54, 1.807) is 0 Å². The van der Waals surface area contributed by atoms with Gasteiger partial charge in [-0.15, -0.1) is 0 Å². The molecule has 1 fully saturated rings. The highest BCUT2D eigenvalue weighted by Gasteiger charge is 2.32. The predicted octanol–water partition coefficient (Wildman–Crippen LogP) is 5.89. The van der Waals surface area contributed by atoms with Crippen molar-refractivity contribution in [3.05, 3.63) is 29.3 Å². The first-order valence-electron chi connectivity index (χ1n) is 8.15. The fraction of sp³-hybridized carbons (Fsp3) is 0.684. The molecule has 2 rings (SSSR count). The zero-order valence-corrected chi connectivity index (χ0v) is 14.0. The molecule has 1 aliphatic carbocycles. The molecule has 1 aromatic rings. The maximum atomic E-state index is 6.39. The van der Waals surface area contributed by atoms with Gasteiger partial charge in [0.05, 0.1) is 0 Å². The van der Waals surface area contributed by atoms with Gasteiger partial charge >= 0.3 is 0 Å². The molecule has 20 heavy (non-hydrogen) atoms. The first-order valence-corrected chi connectivity index (χ1v) is 8.15. The summed E-state index contributed by atoms with van der Waals surface area (Å²) in [6.07, 6.45) is 3.91.